The Kier molecular flexibility index (Phi) is 5.97. The van der Waals surface area contributed by atoms with Crippen LogP contribution in [-0.4, -0.2) is 35.6 Å². The fourth-order valence-electron chi connectivity index (χ4n) is 2.80. The van der Waals surface area contributed by atoms with Crippen molar-refractivity contribution in [2.75, 3.05) is 20.6 Å². The standard InChI is InChI=1S/C19H16Cl4N2O/c1-25(2)9-18(26)12-8-17(10-3-4-14(21)15(22)5-10)24-19-13(12)6-11(20)7-16(19)23/h3-8,18,26H,9H2,1-2H3/t18-/m0/s1. The molecule has 1 heterocycles. The predicted molar refractivity (Wildman–Crippen MR) is 111 cm³/mol. The van der Waals surface area contributed by atoms with Gasteiger partial charge in [-0.05, 0) is 50.0 Å². The van der Waals surface area contributed by atoms with Crippen molar-refractivity contribution in [2.45, 2.75) is 6.10 Å². The Balaban J connectivity index is 2.26. The minimum Gasteiger partial charge on any atom is -0.387 e. The van der Waals surface area contributed by atoms with E-state index in [1.807, 2.05) is 31.1 Å². The normalized spacial score (nSPS) is 12.8. The van der Waals surface area contributed by atoms with Gasteiger partial charge in [0.15, 0.2) is 0 Å². The van der Waals surface area contributed by atoms with E-state index < -0.39 is 6.10 Å². The van der Waals surface area contributed by atoms with E-state index in [-0.39, 0.29) is 0 Å². The Labute approximate surface area is 172 Å². The van der Waals surface area contributed by atoms with E-state index in [1.165, 1.54) is 0 Å². The van der Waals surface area contributed by atoms with E-state index in [1.54, 1.807) is 24.3 Å². The van der Waals surface area contributed by atoms with Crippen LogP contribution in [0.1, 0.15) is 11.7 Å². The SMILES string of the molecule is CN(C)C[C@H](O)c1cc(-c2ccc(Cl)c(Cl)c2)nc2c(Cl)cc(Cl)cc12. The lowest BCUT2D eigenvalue weighted by Gasteiger charge is -2.19. The zero-order chi connectivity index (χ0) is 19.0. The van der Waals surface area contributed by atoms with Gasteiger partial charge in [-0.25, -0.2) is 4.98 Å². The first-order chi connectivity index (χ1) is 12.3. The molecule has 26 heavy (non-hydrogen) atoms. The number of aromatic nitrogens is 1. The van der Waals surface area contributed by atoms with Crippen molar-refractivity contribution in [3.63, 3.8) is 0 Å². The molecule has 3 aromatic rings. The van der Waals surface area contributed by atoms with Crippen molar-refractivity contribution in [2.24, 2.45) is 0 Å². The number of rotatable bonds is 4. The van der Waals surface area contributed by atoms with Gasteiger partial charge in [0.2, 0.25) is 0 Å². The van der Waals surface area contributed by atoms with Crippen molar-refractivity contribution in [1.82, 2.24) is 9.88 Å². The number of nitrogens with zero attached hydrogens (tertiary/aromatic N) is 2. The Bertz CT molecular complexity index is 975. The van der Waals surface area contributed by atoms with Crippen LogP contribution in [-0.2, 0) is 0 Å². The summed E-state index contributed by atoms with van der Waals surface area (Å²) < 4.78 is 0. The van der Waals surface area contributed by atoms with E-state index in [0.717, 1.165) is 10.9 Å². The van der Waals surface area contributed by atoms with Gasteiger partial charge >= 0.3 is 0 Å². The smallest absolute Gasteiger partial charge is 0.0924 e. The molecule has 3 rings (SSSR count). The van der Waals surface area contributed by atoms with Gasteiger partial charge in [0.1, 0.15) is 0 Å². The molecule has 136 valence electrons. The monoisotopic (exact) mass is 428 g/mol. The number of pyridine rings is 1. The molecule has 0 bridgehead atoms. The van der Waals surface area contributed by atoms with Gasteiger partial charge < -0.3 is 10.0 Å². The number of hydrogen-bond acceptors (Lipinski definition) is 3. The number of fused-ring (bicyclic) bond motifs is 1. The first kappa shape index (κ1) is 19.7. The van der Waals surface area contributed by atoms with Crippen molar-refractivity contribution >= 4 is 57.3 Å². The third-order valence-electron chi connectivity index (χ3n) is 3.98. The lowest BCUT2D eigenvalue weighted by Crippen LogP contribution is -2.20. The average molecular weight is 430 g/mol. The number of benzene rings is 2. The highest BCUT2D eigenvalue weighted by Crippen LogP contribution is 2.36. The summed E-state index contributed by atoms with van der Waals surface area (Å²) in [7, 11) is 3.79. The summed E-state index contributed by atoms with van der Waals surface area (Å²) in [6.45, 7) is 0.448. The highest BCUT2D eigenvalue weighted by molar-refractivity contribution is 6.42. The van der Waals surface area contributed by atoms with Crippen LogP contribution in [0, 0.1) is 0 Å². The molecule has 0 unspecified atom stereocenters. The van der Waals surface area contributed by atoms with Gasteiger partial charge in [0, 0.05) is 22.5 Å². The topological polar surface area (TPSA) is 36.4 Å². The molecule has 0 aliphatic heterocycles. The first-order valence-electron chi connectivity index (χ1n) is 7.84. The Morgan fingerprint density at radius 2 is 1.69 bits per heavy atom. The van der Waals surface area contributed by atoms with Gasteiger partial charge in [0.25, 0.3) is 0 Å². The number of aliphatic hydroxyl groups is 1. The van der Waals surface area contributed by atoms with Crippen LogP contribution in [0.3, 0.4) is 0 Å². The Hall–Kier alpha value is -1.07. The minimum atomic E-state index is -0.730. The molecule has 0 amide bonds. The summed E-state index contributed by atoms with van der Waals surface area (Å²) in [6, 6.07) is 10.5. The highest BCUT2D eigenvalue weighted by atomic mass is 35.5. The molecular weight excluding hydrogens is 414 g/mol. The average Bonchev–Trinajstić information content (AvgIpc) is 2.56. The van der Waals surface area contributed by atoms with E-state index in [4.69, 9.17) is 46.4 Å². The lowest BCUT2D eigenvalue weighted by molar-refractivity contribution is 0.139. The Morgan fingerprint density at radius 1 is 0.962 bits per heavy atom. The molecule has 0 aliphatic carbocycles. The third-order valence-corrected chi connectivity index (χ3v) is 5.22. The quantitative estimate of drug-likeness (QED) is 0.543. The van der Waals surface area contributed by atoms with Crippen LogP contribution in [0.2, 0.25) is 20.1 Å². The zero-order valence-electron chi connectivity index (χ0n) is 14.1. The largest absolute Gasteiger partial charge is 0.387 e. The van der Waals surface area contributed by atoms with Crippen LogP contribution < -0.4 is 0 Å². The molecule has 0 spiro atoms. The number of hydrogen-bond donors (Lipinski definition) is 1. The molecule has 0 saturated heterocycles. The van der Waals surface area contributed by atoms with Crippen LogP contribution in [0.25, 0.3) is 22.2 Å². The molecule has 0 saturated carbocycles. The minimum absolute atomic E-state index is 0.424. The summed E-state index contributed by atoms with van der Waals surface area (Å²) in [5, 5.41) is 13.3. The van der Waals surface area contributed by atoms with Crippen LogP contribution >= 0.6 is 46.4 Å². The summed E-state index contributed by atoms with van der Waals surface area (Å²) in [5.74, 6) is 0. The molecule has 3 nitrogen and oxygen atoms in total. The third kappa shape index (κ3) is 4.09. The maximum Gasteiger partial charge on any atom is 0.0924 e. The summed E-state index contributed by atoms with van der Waals surface area (Å²) >= 11 is 24.7. The van der Waals surface area contributed by atoms with Crippen molar-refractivity contribution < 1.29 is 5.11 Å². The summed E-state index contributed by atoms with van der Waals surface area (Å²) in [4.78, 5) is 6.57. The molecule has 1 atom stereocenters. The Morgan fingerprint density at radius 3 is 2.35 bits per heavy atom. The molecule has 1 N–H and O–H groups in total. The summed E-state index contributed by atoms with van der Waals surface area (Å²) in [6.07, 6.45) is -0.730. The van der Waals surface area contributed by atoms with Crippen LogP contribution in [0.4, 0.5) is 0 Å². The van der Waals surface area contributed by atoms with E-state index in [0.29, 0.717) is 43.4 Å². The van der Waals surface area contributed by atoms with E-state index >= 15 is 0 Å². The molecule has 7 heteroatoms. The van der Waals surface area contributed by atoms with Crippen molar-refractivity contribution in [3.8, 4) is 11.3 Å². The molecule has 0 aliphatic rings. The second-order valence-corrected chi connectivity index (χ2v) is 7.95. The fraction of sp³-hybridized carbons (Fsp3) is 0.211. The van der Waals surface area contributed by atoms with Crippen molar-refractivity contribution in [3.05, 3.63) is 62.1 Å². The van der Waals surface area contributed by atoms with Gasteiger partial charge in [-0.2, -0.15) is 0 Å². The maximum absolute atomic E-state index is 10.7. The van der Waals surface area contributed by atoms with Crippen LogP contribution in [0.5, 0.6) is 0 Å². The second-order valence-electron chi connectivity index (χ2n) is 6.29. The van der Waals surface area contributed by atoms with E-state index in [2.05, 4.69) is 4.98 Å². The second kappa shape index (κ2) is 7.89. The van der Waals surface area contributed by atoms with E-state index in [9.17, 15) is 5.11 Å². The van der Waals surface area contributed by atoms with Gasteiger partial charge in [-0.1, -0.05) is 52.5 Å². The first-order valence-corrected chi connectivity index (χ1v) is 9.35. The predicted octanol–water partition coefficient (Wildman–Crippen LogP) is 6.11. The molecular formula is C19H16Cl4N2O. The molecule has 1 aromatic heterocycles. The van der Waals surface area contributed by atoms with Gasteiger partial charge in [0.05, 0.1) is 32.4 Å². The van der Waals surface area contributed by atoms with Gasteiger partial charge in [-0.3, -0.25) is 0 Å². The van der Waals surface area contributed by atoms with Gasteiger partial charge in [-0.15, -0.1) is 0 Å². The molecule has 0 fully saturated rings. The number of halogens is 4. The molecule has 0 radical (unpaired) electrons. The van der Waals surface area contributed by atoms with Crippen LogP contribution in [0.15, 0.2) is 36.4 Å². The maximum atomic E-state index is 10.7. The number of likely N-dealkylation sites (N-methyl/N-ethyl adjacent to an activating group) is 1. The fourth-order valence-corrected chi connectivity index (χ4v) is 3.63. The summed E-state index contributed by atoms with van der Waals surface area (Å²) in [5.41, 5.74) is 2.71. The van der Waals surface area contributed by atoms with Crippen molar-refractivity contribution in [1.29, 1.82) is 0 Å². The molecule has 2 aromatic carbocycles. The zero-order valence-corrected chi connectivity index (χ0v) is 17.1. The lowest BCUT2D eigenvalue weighted by atomic mass is 10.00. The number of aliphatic hydroxyl groups excluding tert-OH is 1. The highest BCUT2D eigenvalue weighted by Gasteiger charge is 2.18.